The molecule has 0 radical (unpaired) electrons. The first-order valence-corrected chi connectivity index (χ1v) is 7.63. The van der Waals surface area contributed by atoms with E-state index in [1.54, 1.807) is 17.0 Å². The molecule has 0 atom stereocenters. The van der Waals surface area contributed by atoms with Crippen molar-refractivity contribution in [3.05, 3.63) is 78.6 Å². The average Bonchev–Trinajstić information content (AvgIpc) is 3.09. The van der Waals surface area contributed by atoms with Crippen molar-refractivity contribution >= 4 is 6.08 Å². The summed E-state index contributed by atoms with van der Waals surface area (Å²) >= 11 is 0. The number of benzene rings is 2. The van der Waals surface area contributed by atoms with Gasteiger partial charge in [-0.3, -0.25) is 4.68 Å². The molecule has 0 unspecified atom stereocenters. The van der Waals surface area contributed by atoms with Gasteiger partial charge < -0.3 is 4.74 Å². The van der Waals surface area contributed by atoms with Crippen LogP contribution in [0.2, 0.25) is 0 Å². The first-order valence-electron chi connectivity index (χ1n) is 7.63. The number of hydrogen-bond acceptors (Lipinski definition) is 3. The first kappa shape index (κ1) is 15.6. The maximum Gasteiger partial charge on any atom is 0.128 e. The van der Waals surface area contributed by atoms with Gasteiger partial charge >= 0.3 is 0 Å². The summed E-state index contributed by atoms with van der Waals surface area (Å²) in [5.41, 5.74) is 4.00. The summed E-state index contributed by atoms with van der Waals surface area (Å²) in [4.78, 5) is 0. The topological polar surface area (TPSA) is 50.8 Å². The number of hydrogen-bond donors (Lipinski definition) is 0. The fraction of sp³-hybridized carbons (Fsp3) is 0.100. The Morgan fingerprint density at radius 3 is 2.75 bits per heavy atom. The molecule has 3 aromatic rings. The Morgan fingerprint density at radius 1 is 1.17 bits per heavy atom. The number of aromatic nitrogens is 2. The lowest BCUT2D eigenvalue weighted by Crippen LogP contribution is -1.97. The van der Waals surface area contributed by atoms with Gasteiger partial charge in [-0.1, -0.05) is 55.1 Å². The summed E-state index contributed by atoms with van der Waals surface area (Å²) in [5, 5.41) is 12.9. The van der Waals surface area contributed by atoms with Crippen molar-refractivity contribution in [1.82, 2.24) is 9.78 Å². The van der Waals surface area contributed by atoms with Gasteiger partial charge in [0.2, 0.25) is 0 Å². The Balaban J connectivity index is 1.84. The highest BCUT2D eigenvalue weighted by Crippen LogP contribution is 2.28. The van der Waals surface area contributed by atoms with Gasteiger partial charge in [0.05, 0.1) is 12.3 Å². The highest BCUT2D eigenvalue weighted by Gasteiger charge is 2.07. The largest absolute Gasteiger partial charge is 0.488 e. The second-order valence-corrected chi connectivity index (χ2v) is 5.32. The van der Waals surface area contributed by atoms with Crippen LogP contribution in [0.3, 0.4) is 0 Å². The molecule has 0 saturated carbocycles. The van der Waals surface area contributed by atoms with Crippen LogP contribution in [0.1, 0.15) is 11.1 Å². The molecule has 3 rings (SSSR count). The molecule has 0 N–H and O–H groups in total. The Kier molecular flexibility index (Phi) is 4.73. The van der Waals surface area contributed by atoms with Crippen LogP contribution in [-0.2, 0) is 13.2 Å². The Bertz CT molecular complexity index is 875. The molecule has 118 valence electrons. The molecular formula is C20H17N3O. The second-order valence-electron chi connectivity index (χ2n) is 5.32. The van der Waals surface area contributed by atoms with Crippen LogP contribution in [-0.4, -0.2) is 9.78 Å². The molecule has 1 aromatic heterocycles. The van der Waals surface area contributed by atoms with Gasteiger partial charge in [-0.15, -0.1) is 0 Å². The van der Waals surface area contributed by atoms with Crippen LogP contribution in [0.15, 0.2) is 67.5 Å². The van der Waals surface area contributed by atoms with Gasteiger partial charge in [0, 0.05) is 17.3 Å². The van der Waals surface area contributed by atoms with Crippen molar-refractivity contribution in [2.24, 2.45) is 0 Å². The van der Waals surface area contributed by atoms with E-state index in [1.165, 1.54) is 0 Å². The monoisotopic (exact) mass is 315 g/mol. The first-order chi connectivity index (χ1) is 11.8. The average molecular weight is 315 g/mol. The maximum atomic E-state index is 8.75. The van der Waals surface area contributed by atoms with Crippen LogP contribution >= 0.6 is 0 Å². The van der Waals surface area contributed by atoms with Crippen molar-refractivity contribution in [2.45, 2.75) is 13.2 Å². The Hall–Kier alpha value is -3.32. The van der Waals surface area contributed by atoms with Crippen molar-refractivity contribution in [3.63, 3.8) is 0 Å². The molecule has 0 bridgehead atoms. The smallest absolute Gasteiger partial charge is 0.128 e. The van der Waals surface area contributed by atoms with E-state index in [0.29, 0.717) is 6.61 Å². The lowest BCUT2D eigenvalue weighted by Gasteiger charge is -2.11. The zero-order valence-electron chi connectivity index (χ0n) is 13.2. The molecule has 0 fully saturated rings. The minimum atomic E-state index is 0.238. The van der Waals surface area contributed by atoms with Gasteiger partial charge in [0.25, 0.3) is 0 Å². The van der Waals surface area contributed by atoms with E-state index >= 15 is 0 Å². The second kappa shape index (κ2) is 7.30. The van der Waals surface area contributed by atoms with E-state index in [2.05, 4.69) is 17.7 Å². The Morgan fingerprint density at radius 2 is 2.00 bits per heavy atom. The molecule has 0 aliphatic heterocycles. The van der Waals surface area contributed by atoms with E-state index < -0.39 is 0 Å². The van der Waals surface area contributed by atoms with E-state index in [0.717, 1.165) is 28.0 Å². The van der Waals surface area contributed by atoms with E-state index in [1.807, 2.05) is 54.7 Å². The van der Waals surface area contributed by atoms with Crippen molar-refractivity contribution < 1.29 is 4.74 Å². The van der Waals surface area contributed by atoms with Crippen LogP contribution < -0.4 is 4.74 Å². The van der Waals surface area contributed by atoms with Gasteiger partial charge in [0.15, 0.2) is 0 Å². The summed E-state index contributed by atoms with van der Waals surface area (Å²) in [6.45, 7) is 4.58. The zero-order valence-corrected chi connectivity index (χ0v) is 13.2. The SMILES string of the molecule is C=Cc1ccc(-c2cnn(CC#N)c2)cc1OCc1ccccc1. The summed E-state index contributed by atoms with van der Waals surface area (Å²) in [6, 6.07) is 18.1. The number of rotatable bonds is 6. The van der Waals surface area contributed by atoms with E-state index in [4.69, 9.17) is 10.00 Å². The molecule has 4 nitrogen and oxygen atoms in total. The molecule has 1 heterocycles. The van der Waals surface area contributed by atoms with Crippen LogP contribution in [0.5, 0.6) is 5.75 Å². The van der Waals surface area contributed by atoms with E-state index in [-0.39, 0.29) is 6.54 Å². The number of nitrogens with zero attached hydrogens (tertiary/aromatic N) is 3. The highest BCUT2D eigenvalue weighted by molar-refractivity contribution is 5.68. The molecule has 0 saturated heterocycles. The summed E-state index contributed by atoms with van der Waals surface area (Å²) < 4.78 is 7.59. The van der Waals surface area contributed by atoms with Crippen LogP contribution in [0, 0.1) is 11.3 Å². The summed E-state index contributed by atoms with van der Waals surface area (Å²) in [5.74, 6) is 0.777. The lowest BCUT2D eigenvalue weighted by atomic mass is 10.1. The van der Waals surface area contributed by atoms with Gasteiger partial charge in [-0.05, 0) is 17.2 Å². The summed E-state index contributed by atoms with van der Waals surface area (Å²) in [6.07, 6.45) is 5.39. The molecule has 0 spiro atoms. The fourth-order valence-corrected chi connectivity index (χ4v) is 2.41. The normalized spacial score (nSPS) is 10.1. The molecule has 0 aliphatic carbocycles. The third kappa shape index (κ3) is 3.53. The van der Waals surface area contributed by atoms with Gasteiger partial charge in [-0.2, -0.15) is 10.4 Å². The Labute approximate surface area is 141 Å². The van der Waals surface area contributed by atoms with Crippen molar-refractivity contribution in [2.75, 3.05) is 0 Å². The van der Waals surface area contributed by atoms with Gasteiger partial charge in [0.1, 0.15) is 18.9 Å². The predicted octanol–water partition coefficient (Wildman–Crippen LogP) is 4.30. The molecular weight excluding hydrogens is 298 g/mol. The number of nitriles is 1. The fourth-order valence-electron chi connectivity index (χ4n) is 2.41. The molecule has 24 heavy (non-hydrogen) atoms. The third-order valence-corrected chi connectivity index (χ3v) is 3.67. The van der Waals surface area contributed by atoms with Crippen LogP contribution in [0.4, 0.5) is 0 Å². The van der Waals surface area contributed by atoms with Gasteiger partial charge in [-0.25, -0.2) is 0 Å². The summed E-state index contributed by atoms with van der Waals surface area (Å²) in [7, 11) is 0. The minimum Gasteiger partial charge on any atom is -0.488 e. The molecule has 0 amide bonds. The third-order valence-electron chi connectivity index (χ3n) is 3.67. The van der Waals surface area contributed by atoms with Crippen molar-refractivity contribution in [1.29, 1.82) is 5.26 Å². The molecule has 4 heteroatoms. The highest BCUT2D eigenvalue weighted by atomic mass is 16.5. The quantitative estimate of drug-likeness (QED) is 0.681. The van der Waals surface area contributed by atoms with Crippen molar-refractivity contribution in [3.8, 4) is 22.9 Å². The zero-order chi connectivity index (χ0) is 16.8. The van der Waals surface area contributed by atoms with E-state index in [9.17, 15) is 0 Å². The molecule has 0 aliphatic rings. The van der Waals surface area contributed by atoms with Crippen LogP contribution in [0.25, 0.3) is 17.2 Å². The standard InChI is InChI=1S/C20H17N3O/c1-2-17-8-9-18(19-13-22-23(14-19)11-10-21)12-20(17)24-15-16-6-4-3-5-7-16/h2-9,12-14H,1,11,15H2. The molecule has 2 aromatic carbocycles. The number of ether oxygens (including phenoxy) is 1. The predicted molar refractivity (Wildman–Crippen MR) is 94.1 cm³/mol. The lowest BCUT2D eigenvalue weighted by molar-refractivity contribution is 0.305. The maximum absolute atomic E-state index is 8.75. The minimum absolute atomic E-state index is 0.238.